The van der Waals surface area contributed by atoms with Crippen LogP contribution < -0.4 is 0 Å². The van der Waals surface area contributed by atoms with Gasteiger partial charge in [0.25, 0.3) is 0 Å². The maximum absolute atomic E-state index is 4.55. The van der Waals surface area contributed by atoms with Crippen molar-refractivity contribution in [3.05, 3.63) is 192 Å². The van der Waals surface area contributed by atoms with Gasteiger partial charge in [-0.3, -0.25) is 0 Å². The van der Waals surface area contributed by atoms with Crippen LogP contribution in [0.1, 0.15) is 22.3 Å². The average Bonchev–Trinajstić information content (AvgIpc) is 3.65. The molecule has 2 aliphatic carbocycles. The number of aromatic nitrogens is 2. The van der Waals surface area contributed by atoms with Gasteiger partial charge in [-0.15, -0.1) is 70.8 Å². The summed E-state index contributed by atoms with van der Waals surface area (Å²) in [7, 11) is 0. The first kappa shape index (κ1) is 29.7. The molecule has 1 radical (unpaired) electrons. The second-order valence-corrected chi connectivity index (χ2v) is 11.7. The zero-order valence-electron chi connectivity index (χ0n) is 25.2. The van der Waals surface area contributed by atoms with Crippen LogP contribution in [0.4, 0.5) is 0 Å². The number of hydrogen-bond acceptors (Lipinski definition) is 2. The third-order valence-corrected chi connectivity index (χ3v) is 9.08. The van der Waals surface area contributed by atoms with Gasteiger partial charge in [0.15, 0.2) is 0 Å². The number of hydrogen-bond donors (Lipinski definition) is 0. The summed E-state index contributed by atoms with van der Waals surface area (Å²) < 4.78 is 0. The van der Waals surface area contributed by atoms with E-state index in [-0.39, 0.29) is 25.5 Å². The molecular formula is C43H30IrN2-2. The second kappa shape index (κ2) is 12.8. The molecule has 2 nitrogen and oxygen atoms in total. The van der Waals surface area contributed by atoms with Crippen molar-refractivity contribution in [2.24, 2.45) is 0 Å². The van der Waals surface area contributed by atoms with Crippen molar-refractivity contribution >= 4 is 0 Å². The summed E-state index contributed by atoms with van der Waals surface area (Å²) in [5.41, 5.74) is 15.1. The van der Waals surface area contributed by atoms with Gasteiger partial charge in [-0.2, -0.15) is 0 Å². The molecule has 9 rings (SSSR count). The molecule has 0 N–H and O–H groups in total. The first-order valence-electron chi connectivity index (χ1n) is 15.4. The number of rotatable bonds is 3. The Morgan fingerprint density at radius 3 is 1.91 bits per heavy atom. The third kappa shape index (κ3) is 5.43. The van der Waals surface area contributed by atoms with Crippen molar-refractivity contribution in [3.63, 3.8) is 0 Å². The van der Waals surface area contributed by atoms with Crippen LogP contribution in [0.2, 0.25) is 0 Å². The molecule has 0 aliphatic heterocycles. The molecule has 3 heteroatoms. The summed E-state index contributed by atoms with van der Waals surface area (Å²) >= 11 is 0. The summed E-state index contributed by atoms with van der Waals surface area (Å²) in [6.07, 6.45) is 5.67. The molecule has 0 bridgehead atoms. The molecule has 0 amide bonds. The number of pyridine rings is 2. The van der Waals surface area contributed by atoms with E-state index < -0.39 is 0 Å². The number of benzene rings is 5. The van der Waals surface area contributed by atoms with Crippen LogP contribution in [-0.4, -0.2) is 9.97 Å². The minimum atomic E-state index is -0.0182. The van der Waals surface area contributed by atoms with Gasteiger partial charge < -0.3 is 9.97 Å². The Morgan fingerprint density at radius 2 is 1.17 bits per heavy atom. The minimum absolute atomic E-state index is 0. The quantitative estimate of drug-likeness (QED) is 0.168. The van der Waals surface area contributed by atoms with Gasteiger partial charge in [0.05, 0.1) is 0 Å². The molecule has 1 spiro atoms. The van der Waals surface area contributed by atoms with E-state index in [4.69, 9.17) is 0 Å². The number of nitrogens with zero attached hydrogens (tertiary/aromatic N) is 2. The van der Waals surface area contributed by atoms with Crippen molar-refractivity contribution in [2.45, 2.75) is 18.3 Å². The van der Waals surface area contributed by atoms with Crippen LogP contribution in [0.3, 0.4) is 0 Å². The van der Waals surface area contributed by atoms with Crippen molar-refractivity contribution in [1.82, 2.24) is 9.97 Å². The zero-order chi connectivity index (χ0) is 30.1. The first-order valence-corrected chi connectivity index (χ1v) is 15.4. The van der Waals surface area contributed by atoms with Crippen molar-refractivity contribution in [3.8, 4) is 44.8 Å². The van der Waals surface area contributed by atoms with Crippen LogP contribution in [0.25, 0.3) is 44.8 Å². The van der Waals surface area contributed by atoms with Gasteiger partial charge in [0, 0.05) is 37.9 Å². The van der Waals surface area contributed by atoms with Crippen molar-refractivity contribution in [1.29, 1.82) is 0 Å². The topological polar surface area (TPSA) is 25.8 Å². The van der Waals surface area contributed by atoms with Crippen LogP contribution >= 0.6 is 0 Å². The van der Waals surface area contributed by atoms with Gasteiger partial charge in [0.1, 0.15) is 0 Å². The largest absolute Gasteiger partial charge is 0.305 e. The summed E-state index contributed by atoms with van der Waals surface area (Å²) in [6, 6.07) is 57.7. The fourth-order valence-corrected chi connectivity index (χ4v) is 7.00. The van der Waals surface area contributed by atoms with E-state index in [0.717, 1.165) is 35.4 Å². The van der Waals surface area contributed by atoms with Crippen LogP contribution in [0.15, 0.2) is 158 Å². The van der Waals surface area contributed by atoms with Gasteiger partial charge in [0.2, 0.25) is 0 Å². The zero-order valence-corrected chi connectivity index (χ0v) is 27.5. The molecule has 0 saturated heterocycles. The van der Waals surface area contributed by atoms with E-state index in [2.05, 4.69) is 113 Å². The summed E-state index contributed by atoms with van der Waals surface area (Å²) in [4.78, 5) is 8.77. The molecule has 5 aromatic carbocycles. The predicted octanol–water partition coefficient (Wildman–Crippen LogP) is 9.83. The number of fused-ring (bicyclic) bond motifs is 6. The fraction of sp³-hybridized carbons (Fsp3) is 0.0698. The predicted molar refractivity (Wildman–Crippen MR) is 183 cm³/mol. The fourth-order valence-electron chi connectivity index (χ4n) is 7.00. The average molecular weight is 767 g/mol. The summed E-state index contributed by atoms with van der Waals surface area (Å²) in [5.74, 6) is 0. The molecule has 0 saturated carbocycles. The van der Waals surface area contributed by atoms with Crippen LogP contribution in [0, 0.1) is 12.1 Å². The molecule has 2 heterocycles. The molecule has 223 valence electrons. The van der Waals surface area contributed by atoms with Gasteiger partial charge >= 0.3 is 0 Å². The standard InChI is InChI=1S/C32H22N.C11H8N.Ir/c1-2-8-22(9-3-1)23-15-16-28-27-10-4-5-11-29(27)32(30(28)19-23)20-25-14-13-24(18-26(25)21-32)31-12-6-7-17-33-31;1-2-6-10(7-3-1)11-8-4-5-9-12-11;/h1-12,14-19H,20-21H2;1-6,8-9H;/q2*-1;. The van der Waals surface area contributed by atoms with Crippen LogP contribution in [0.5, 0.6) is 0 Å². The third-order valence-electron chi connectivity index (χ3n) is 9.08. The smallest absolute Gasteiger partial charge is 0.0201 e. The van der Waals surface area contributed by atoms with Crippen LogP contribution in [-0.2, 0) is 38.4 Å². The van der Waals surface area contributed by atoms with Gasteiger partial charge in [-0.1, -0.05) is 91.0 Å². The summed E-state index contributed by atoms with van der Waals surface area (Å²) in [6.45, 7) is 0. The van der Waals surface area contributed by atoms with E-state index in [9.17, 15) is 0 Å². The molecule has 1 atom stereocenters. The van der Waals surface area contributed by atoms with E-state index in [0.29, 0.717) is 0 Å². The van der Waals surface area contributed by atoms with Gasteiger partial charge in [-0.05, 0) is 75.8 Å². The Bertz CT molecular complexity index is 2060. The van der Waals surface area contributed by atoms with Gasteiger partial charge in [-0.25, -0.2) is 0 Å². The van der Waals surface area contributed by atoms with Crippen molar-refractivity contribution < 1.29 is 20.1 Å². The molecule has 7 aromatic rings. The van der Waals surface area contributed by atoms with E-state index in [1.54, 1.807) is 6.20 Å². The van der Waals surface area contributed by atoms with E-state index in [1.165, 1.54) is 44.5 Å². The second-order valence-electron chi connectivity index (χ2n) is 11.7. The first-order chi connectivity index (χ1) is 22.3. The Labute approximate surface area is 284 Å². The molecule has 2 aromatic heterocycles. The molecule has 46 heavy (non-hydrogen) atoms. The maximum atomic E-state index is 4.55. The minimum Gasteiger partial charge on any atom is -0.305 e. The Kier molecular flexibility index (Phi) is 8.28. The Morgan fingerprint density at radius 1 is 0.500 bits per heavy atom. The van der Waals surface area contributed by atoms with E-state index in [1.807, 2.05) is 60.8 Å². The van der Waals surface area contributed by atoms with Crippen molar-refractivity contribution in [2.75, 3.05) is 0 Å². The summed E-state index contributed by atoms with van der Waals surface area (Å²) in [5, 5.41) is 0. The molecule has 0 fully saturated rings. The molecule has 2 aliphatic rings. The van der Waals surface area contributed by atoms with E-state index >= 15 is 0 Å². The monoisotopic (exact) mass is 767 g/mol. The maximum Gasteiger partial charge on any atom is 0.0201 e. The Balaban J connectivity index is 0.000000220. The SMILES string of the molecule is [Ir].[c-]1cc2c(cc1-c1ccccn1)CC1(C2)c2ccccc2-c2ccc(-c3ccccc3)cc21.[c-]1ccccc1-c1ccccn1. The normalized spacial score (nSPS) is 15.1. The molecular weight excluding hydrogens is 737 g/mol. The molecule has 1 unspecified atom stereocenters. The Hall–Kier alpha value is -4.95.